The smallest absolute Gasteiger partial charge is 0.410 e. The fourth-order valence-corrected chi connectivity index (χ4v) is 3.34. The summed E-state index contributed by atoms with van der Waals surface area (Å²) in [5, 5.41) is 5.54. The Hall–Kier alpha value is -3.55. The number of nitrogens with zero attached hydrogens (tertiary/aromatic N) is 2. The molecule has 0 saturated carbocycles. The summed E-state index contributed by atoms with van der Waals surface area (Å²) in [4.78, 5) is 39.8. The molecule has 2 aromatic carbocycles. The van der Waals surface area contributed by atoms with Gasteiger partial charge in [0.05, 0.1) is 0 Å². The minimum atomic E-state index is -0.502. The van der Waals surface area contributed by atoms with Gasteiger partial charge in [0.1, 0.15) is 5.60 Å². The molecule has 170 valence electrons. The van der Waals surface area contributed by atoms with E-state index in [-0.39, 0.29) is 17.9 Å². The van der Waals surface area contributed by atoms with Gasteiger partial charge in [-0.1, -0.05) is 0 Å². The van der Waals surface area contributed by atoms with Crippen molar-refractivity contribution >= 4 is 35.0 Å². The lowest BCUT2D eigenvalue weighted by Gasteiger charge is -2.36. The third-order valence-corrected chi connectivity index (χ3v) is 4.89. The van der Waals surface area contributed by atoms with Crippen LogP contribution in [0.3, 0.4) is 0 Å². The molecule has 1 aliphatic heterocycles. The zero-order valence-electron chi connectivity index (χ0n) is 19.0. The van der Waals surface area contributed by atoms with E-state index in [1.165, 1.54) is 6.92 Å². The molecule has 3 amide bonds. The van der Waals surface area contributed by atoms with E-state index in [1.807, 2.05) is 32.9 Å². The van der Waals surface area contributed by atoms with Crippen LogP contribution in [0.1, 0.15) is 38.1 Å². The quantitative estimate of drug-likeness (QED) is 0.754. The van der Waals surface area contributed by atoms with Crippen LogP contribution >= 0.6 is 0 Å². The van der Waals surface area contributed by atoms with Crippen LogP contribution in [0.25, 0.3) is 0 Å². The molecule has 0 radical (unpaired) electrons. The summed E-state index contributed by atoms with van der Waals surface area (Å²) >= 11 is 0. The van der Waals surface area contributed by atoms with Crippen molar-refractivity contribution in [1.82, 2.24) is 4.90 Å². The Balaban J connectivity index is 1.53. The molecule has 1 fully saturated rings. The van der Waals surface area contributed by atoms with Crippen molar-refractivity contribution in [2.24, 2.45) is 0 Å². The van der Waals surface area contributed by atoms with Crippen LogP contribution in [-0.2, 0) is 9.53 Å². The van der Waals surface area contributed by atoms with Gasteiger partial charge in [-0.25, -0.2) is 4.79 Å². The number of hydrogen-bond donors (Lipinski definition) is 2. The second kappa shape index (κ2) is 9.72. The lowest BCUT2D eigenvalue weighted by Crippen LogP contribution is -2.50. The van der Waals surface area contributed by atoms with Crippen LogP contribution in [0.4, 0.5) is 21.9 Å². The summed E-state index contributed by atoms with van der Waals surface area (Å²) in [5.74, 6) is -0.355. The van der Waals surface area contributed by atoms with Crippen LogP contribution in [-0.4, -0.2) is 54.6 Å². The number of benzene rings is 2. The van der Waals surface area contributed by atoms with Gasteiger partial charge in [0.25, 0.3) is 5.91 Å². The molecule has 0 aromatic heterocycles. The van der Waals surface area contributed by atoms with Gasteiger partial charge >= 0.3 is 6.09 Å². The van der Waals surface area contributed by atoms with Crippen LogP contribution in [0.15, 0.2) is 48.5 Å². The predicted octanol–water partition coefficient (Wildman–Crippen LogP) is 3.95. The molecule has 2 aromatic rings. The van der Waals surface area contributed by atoms with Crippen molar-refractivity contribution in [1.29, 1.82) is 0 Å². The van der Waals surface area contributed by atoms with Crippen LogP contribution in [0.2, 0.25) is 0 Å². The fourth-order valence-electron chi connectivity index (χ4n) is 3.34. The van der Waals surface area contributed by atoms with Crippen LogP contribution < -0.4 is 15.5 Å². The zero-order valence-corrected chi connectivity index (χ0v) is 19.0. The van der Waals surface area contributed by atoms with Crippen LogP contribution in [0, 0.1) is 0 Å². The van der Waals surface area contributed by atoms with Crippen molar-refractivity contribution in [3.8, 4) is 0 Å². The summed E-state index contributed by atoms with van der Waals surface area (Å²) in [7, 11) is 0. The van der Waals surface area contributed by atoms with Gasteiger partial charge in [-0.05, 0) is 69.3 Å². The van der Waals surface area contributed by atoms with Crippen molar-refractivity contribution in [2.45, 2.75) is 33.3 Å². The van der Waals surface area contributed by atoms with Crippen LogP contribution in [0.5, 0.6) is 0 Å². The first kappa shape index (κ1) is 23.1. The van der Waals surface area contributed by atoms with Crippen molar-refractivity contribution in [2.75, 3.05) is 41.7 Å². The Bertz CT molecular complexity index is 957. The van der Waals surface area contributed by atoms with E-state index in [2.05, 4.69) is 15.5 Å². The number of anilines is 3. The van der Waals surface area contributed by atoms with Gasteiger partial charge in [0.15, 0.2) is 0 Å². The number of piperazine rings is 1. The standard InChI is InChI=1S/C24H30N4O4/c1-17(29)25-19-7-9-20(10-8-19)26-22(30)18-5-11-21(12-6-18)27-13-15-28(16-14-27)23(31)32-24(2,3)4/h5-12H,13-16H2,1-4H3,(H,25,29)(H,26,30). The Kier molecular flexibility index (Phi) is 7.02. The Morgan fingerprint density at radius 3 is 1.84 bits per heavy atom. The molecule has 0 unspecified atom stereocenters. The topological polar surface area (TPSA) is 91.0 Å². The number of ether oxygens (including phenoxy) is 1. The largest absolute Gasteiger partial charge is 0.444 e. The Morgan fingerprint density at radius 1 is 0.812 bits per heavy atom. The first-order valence-corrected chi connectivity index (χ1v) is 10.6. The maximum Gasteiger partial charge on any atom is 0.410 e. The molecule has 0 spiro atoms. The molecule has 1 aliphatic rings. The zero-order chi connectivity index (χ0) is 23.3. The lowest BCUT2D eigenvalue weighted by molar-refractivity contribution is -0.114. The van der Waals surface area contributed by atoms with E-state index < -0.39 is 5.60 Å². The second-order valence-electron chi connectivity index (χ2n) is 8.71. The third-order valence-electron chi connectivity index (χ3n) is 4.89. The first-order chi connectivity index (χ1) is 15.1. The SMILES string of the molecule is CC(=O)Nc1ccc(NC(=O)c2ccc(N3CCN(C(=O)OC(C)(C)C)CC3)cc2)cc1. The Labute approximate surface area is 188 Å². The van der Waals surface area contributed by atoms with Gasteiger partial charge < -0.3 is 25.2 Å². The minimum absolute atomic E-state index is 0.145. The summed E-state index contributed by atoms with van der Waals surface area (Å²) in [6.07, 6.45) is -0.283. The van der Waals surface area contributed by atoms with Gasteiger partial charge in [-0.15, -0.1) is 0 Å². The van der Waals surface area contributed by atoms with E-state index >= 15 is 0 Å². The highest BCUT2D eigenvalue weighted by Crippen LogP contribution is 2.20. The number of nitrogens with one attached hydrogen (secondary N) is 2. The van der Waals surface area contributed by atoms with Crippen molar-refractivity contribution in [3.63, 3.8) is 0 Å². The third kappa shape index (κ3) is 6.47. The molecule has 0 aliphatic carbocycles. The lowest BCUT2D eigenvalue weighted by atomic mass is 10.1. The molecule has 0 atom stereocenters. The number of carbonyl (C=O) groups is 3. The molecule has 8 nitrogen and oxygen atoms in total. The number of carbonyl (C=O) groups excluding carboxylic acids is 3. The number of rotatable bonds is 4. The molecular formula is C24H30N4O4. The summed E-state index contributed by atoms with van der Waals surface area (Å²) in [6.45, 7) is 9.60. The van der Waals surface area contributed by atoms with Crippen molar-refractivity contribution in [3.05, 3.63) is 54.1 Å². The normalized spacial score (nSPS) is 14.0. The fraction of sp³-hybridized carbons (Fsp3) is 0.375. The van der Waals surface area contributed by atoms with Crippen molar-refractivity contribution < 1.29 is 19.1 Å². The van der Waals surface area contributed by atoms with E-state index in [1.54, 1.807) is 41.3 Å². The molecule has 0 bridgehead atoms. The highest BCUT2D eigenvalue weighted by Gasteiger charge is 2.26. The summed E-state index contributed by atoms with van der Waals surface area (Å²) in [5.41, 5.74) is 2.37. The minimum Gasteiger partial charge on any atom is -0.444 e. The maximum atomic E-state index is 12.5. The molecule has 3 rings (SSSR count). The summed E-state index contributed by atoms with van der Waals surface area (Å²) in [6, 6.07) is 14.3. The van der Waals surface area contributed by atoms with E-state index in [9.17, 15) is 14.4 Å². The highest BCUT2D eigenvalue weighted by molar-refractivity contribution is 6.04. The summed E-state index contributed by atoms with van der Waals surface area (Å²) < 4.78 is 5.44. The van der Waals surface area contributed by atoms with Gasteiger partial charge in [0.2, 0.25) is 5.91 Å². The molecular weight excluding hydrogens is 408 g/mol. The number of amides is 3. The molecule has 2 N–H and O–H groups in total. The monoisotopic (exact) mass is 438 g/mol. The average molecular weight is 439 g/mol. The maximum absolute atomic E-state index is 12.5. The molecule has 32 heavy (non-hydrogen) atoms. The van der Waals surface area contributed by atoms with E-state index in [4.69, 9.17) is 4.74 Å². The average Bonchev–Trinajstić information content (AvgIpc) is 2.74. The van der Waals surface area contributed by atoms with E-state index in [0.717, 1.165) is 5.69 Å². The van der Waals surface area contributed by atoms with E-state index in [0.29, 0.717) is 43.1 Å². The second-order valence-corrected chi connectivity index (χ2v) is 8.71. The Morgan fingerprint density at radius 2 is 1.34 bits per heavy atom. The molecule has 1 saturated heterocycles. The van der Waals surface area contributed by atoms with Gasteiger partial charge in [-0.3, -0.25) is 9.59 Å². The number of hydrogen-bond acceptors (Lipinski definition) is 5. The van der Waals surface area contributed by atoms with Gasteiger partial charge in [-0.2, -0.15) is 0 Å². The molecule has 1 heterocycles. The molecule has 8 heteroatoms. The predicted molar refractivity (Wildman–Crippen MR) is 125 cm³/mol. The highest BCUT2D eigenvalue weighted by atomic mass is 16.6. The first-order valence-electron chi connectivity index (χ1n) is 10.6. The van der Waals surface area contributed by atoms with Gasteiger partial charge in [0, 0.05) is 55.7 Å².